The minimum atomic E-state index is -0.392. The minimum absolute atomic E-state index is 0.179. The lowest BCUT2D eigenvalue weighted by Crippen LogP contribution is -2.24. The lowest BCUT2D eigenvalue weighted by Gasteiger charge is -2.10. The fourth-order valence-electron chi connectivity index (χ4n) is 2.47. The highest BCUT2D eigenvalue weighted by atomic mass is 16.5. The Kier molecular flexibility index (Phi) is 4.19. The normalized spacial score (nSPS) is 10.7. The van der Waals surface area contributed by atoms with E-state index in [9.17, 15) is 9.59 Å². The summed E-state index contributed by atoms with van der Waals surface area (Å²) in [7, 11) is 0. The molecule has 0 N–H and O–H groups in total. The van der Waals surface area contributed by atoms with E-state index in [4.69, 9.17) is 4.74 Å². The van der Waals surface area contributed by atoms with Crippen LogP contribution in [0.1, 0.15) is 22.8 Å². The maximum absolute atomic E-state index is 12.5. The molecule has 5 nitrogen and oxygen atoms in total. The summed E-state index contributed by atoms with van der Waals surface area (Å²) in [5.41, 5.74) is 0.980. The van der Waals surface area contributed by atoms with Crippen LogP contribution in [0.2, 0.25) is 0 Å². The van der Waals surface area contributed by atoms with E-state index in [1.807, 2.05) is 24.3 Å². The maximum Gasteiger partial charge on any atom is 0.338 e. The Morgan fingerprint density at radius 3 is 2.70 bits per heavy atom. The summed E-state index contributed by atoms with van der Waals surface area (Å²) in [6, 6.07) is 14.4. The van der Waals surface area contributed by atoms with Crippen molar-refractivity contribution < 1.29 is 9.53 Å². The third-order valence-corrected chi connectivity index (χ3v) is 3.59. The first-order valence-corrected chi connectivity index (χ1v) is 7.40. The van der Waals surface area contributed by atoms with E-state index in [0.717, 1.165) is 5.39 Å². The third kappa shape index (κ3) is 2.99. The van der Waals surface area contributed by atoms with E-state index < -0.39 is 5.97 Å². The Balaban J connectivity index is 2.02. The number of carbonyl (C=O) groups excluding carboxylic acids is 1. The van der Waals surface area contributed by atoms with Crippen LogP contribution < -0.4 is 5.56 Å². The van der Waals surface area contributed by atoms with Crippen molar-refractivity contribution in [2.75, 3.05) is 6.61 Å². The van der Waals surface area contributed by atoms with Gasteiger partial charge < -0.3 is 4.74 Å². The molecule has 0 fully saturated rings. The third-order valence-electron chi connectivity index (χ3n) is 3.59. The van der Waals surface area contributed by atoms with Crippen LogP contribution >= 0.6 is 0 Å². The maximum atomic E-state index is 12.5. The van der Waals surface area contributed by atoms with Crippen LogP contribution in [0, 0.1) is 0 Å². The van der Waals surface area contributed by atoms with E-state index in [2.05, 4.69) is 5.10 Å². The fourth-order valence-corrected chi connectivity index (χ4v) is 2.47. The quantitative estimate of drug-likeness (QED) is 0.695. The smallest absolute Gasteiger partial charge is 0.338 e. The monoisotopic (exact) mass is 308 g/mol. The van der Waals surface area contributed by atoms with Gasteiger partial charge in [0.15, 0.2) is 0 Å². The highest BCUT2D eigenvalue weighted by Gasteiger charge is 2.13. The summed E-state index contributed by atoms with van der Waals surface area (Å²) in [6.07, 6.45) is 1.66. The van der Waals surface area contributed by atoms with Gasteiger partial charge in [0, 0.05) is 5.39 Å². The molecule has 0 saturated heterocycles. The van der Waals surface area contributed by atoms with Crippen LogP contribution in [-0.2, 0) is 11.3 Å². The van der Waals surface area contributed by atoms with Crippen LogP contribution in [-0.4, -0.2) is 22.4 Å². The van der Waals surface area contributed by atoms with Crippen molar-refractivity contribution in [2.24, 2.45) is 0 Å². The topological polar surface area (TPSA) is 61.2 Å². The van der Waals surface area contributed by atoms with Gasteiger partial charge in [0.1, 0.15) is 0 Å². The van der Waals surface area contributed by atoms with Gasteiger partial charge in [0.05, 0.1) is 30.3 Å². The summed E-state index contributed by atoms with van der Waals surface area (Å²) in [6.45, 7) is 2.29. The van der Waals surface area contributed by atoms with Crippen molar-refractivity contribution in [3.63, 3.8) is 0 Å². The van der Waals surface area contributed by atoms with Crippen LogP contribution in [0.25, 0.3) is 10.8 Å². The lowest BCUT2D eigenvalue weighted by atomic mass is 10.1. The average molecular weight is 308 g/mol. The van der Waals surface area contributed by atoms with Crippen molar-refractivity contribution in [3.8, 4) is 0 Å². The number of benzene rings is 2. The summed E-state index contributed by atoms with van der Waals surface area (Å²) >= 11 is 0. The number of rotatable bonds is 4. The zero-order valence-electron chi connectivity index (χ0n) is 12.7. The second kappa shape index (κ2) is 6.44. The molecule has 0 aliphatic rings. The molecule has 2 aromatic carbocycles. The Bertz CT molecular complexity index is 915. The standard InChI is InChI=1S/C18H16N2O3/c1-2-23-18(22)16-10-6-4-8-14(16)12-20-17(21)15-9-5-3-7-13(15)11-19-20/h3-11H,2,12H2,1H3. The molecule has 1 aromatic heterocycles. The van der Waals surface area contributed by atoms with Crippen molar-refractivity contribution in [1.82, 2.24) is 9.78 Å². The molecular weight excluding hydrogens is 292 g/mol. The molecule has 1 heterocycles. The van der Waals surface area contributed by atoms with E-state index in [1.54, 1.807) is 37.4 Å². The molecule has 0 amide bonds. The van der Waals surface area contributed by atoms with Crippen LogP contribution in [0.15, 0.2) is 59.5 Å². The second-order valence-corrected chi connectivity index (χ2v) is 5.07. The fraction of sp³-hybridized carbons (Fsp3) is 0.167. The summed E-state index contributed by atoms with van der Waals surface area (Å²) < 4.78 is 6.42. The first-order valence-electron chi connectivity index (χ1n) is 7.40. The van der Waals surface area contributed by atoms with E-state index in [-0.39, 0.29) is 12.1 Å². The SMILES string of the molecule is CCOC(=O)c1ccccc1Cn1ncc2ccccc2c1=O. The molecule has 116 valence electrons. The minimum Gasteiger partial charge on any atom is -0.462 e. The first kappa shape index (κ1) is 15.0. The van der Waals surface area contributed by atoms with Crippen LogP contribution in [0.4, 0.5) is 0 Å². The Hall–Kier alpha value is -2.95. The van der Waals surface area contributed by atoms with Crippen molar-refractivity contribution in [2.45, 2.75) is 13.5 Å². The van der Waals surface area contributed by atoms with Crippen molar-refractivity contribution in [1.29, 1.82) is 0 Å². The van der Waals surface area contributed by atoms with Crippen LogP contribution in [0.5, 0.6) is 0 Å². The molecule has 5 heteroatoms. The van der Waals surface area contributed by atoms with Crippen molar-refractivity contribution >= 4 is 16.7 Å². The Labute approximate surface area is 133 Å². The van der Waals surface area contributed by atoms with Gasteiger partial charge in [0.2, 0.25) is 0 Å². The van der Waals surface area contributed by atoms with Gasteiger partial charge in [0.25, 0.3) is 5.56 Å². The molecule has 0 spiro atoms. The number of nitrogens with zero attached hydrogens (tertiary/aromatic N) is 2. The molecule has 3 aromatic rings. The average Bonchev–Trinajstić information content (AvgIpc) is 2.58. The zero-order chi connectivity index (χ0) is 16.2. The number of hydrogen-bond donors (Lipinski definition) is 0. The van der Waals surface area contributed by atoms with Gasteiger partial charge in [-0.05, 0) is 24.6 Å². The second-order valence-electron chi connectivity index (χ2n) is 5.07. The highest BCUT2D eigenvalue weighted by Crippen LogP contribution is 2.12. The molecule has 0 atom stereocenters. The number of aromatic nitrogens is 2. The van der Waals surface area contributed by atoms with E-state index in [1.165, 1.54) is 4.68 Å². The molecule has 23 heavy (non-hydrogen) atoms. The molecule has 0 bridgehead atoms. The number of fused-ring (bicyclic) bond motifs is 1. The number of carbonyl (C=O) groups is 1. The largest absolute Gasteiger partial charge is 0.462 e. The molecule has 0 saturated carbocycles. The molecular formula is C18H16N2O3. The number of esters is 1. The lowest BCUT2D eigenvalue weighted by molar-refractivity contribution is 0.0525. The zero-order valence-corrected chi connectivity index (χ0v) is 12.7. The van der Waals surface area contributed by atoms with Gasteiger partial charge in [-0.1, -0.05) is 36.4 Å². The molecule has 0 aliphatic heterocycles. The van der Waals surface area contributed by atoms with E-state index in [0.29, 0.717) is 23.1 Å². The first-order chi connectivity index (χ1) is 11.2. The van der Waals surface area contributed by atoms with Gasteiger partial charge in [-0.25, -0.2) is 9.48 Å². The van der Waals surface area contributed by atoms with Gasteiger partial charge in [-0.2, -0.15) is 5.10 Å². The number of ether oxygens (including phenoxy) is 1. The molecule has 0 aliphatic carbocycles. The highest BCUT2D eigenvalue weighted by molar-refractivity contribution is 5.91. The predicted octanol–water partition coefficient (Wildman–Crippen LogP) is 2.62. The predicted molar refractivity (Wildman–Crippen MR) is 87.5 cm³/mol. The Morgan fingerprint density at radius 2 is 1.87 bits per heavy atom. The summed E-state index contributed by atoms with van der Waals surface area (Å²) in [5.74, 6) is -0.392. The summed E-state index contributed by atoms with van der Waals surface area (Å²) in [4.78, 5) is 24.5. The van der Waals surface area contributed by atoms with Gasteiger partial charge in [-0.3, -0.25) is 4.79 Å². The molecule has 3 rings (SSSR count). The molecule has 0 radical (unpaired) electrons. The van der Waals surface area contributed by atoms with Gasteiger partial charge >= 0.3 is 5.97 Å². The Morgan fingerprint density at radius 1 is 1.13 bits per heavy atom. The summed E-state index contributed by atoms with van der Waals surface area (Å²) in [5, 5.41) is 5.61. The van der Waals surface area contributed by atoms with Crippen molar-refractivity contribution in [3.05, 3.63) is 76.2 Å². The van der Waals surface area contributed by atoms with Crippen LogP contribution in [0.3, 0.4) is 0 Å². The van der Waals surface area contributed by atoms with Gasteiger partial charge in [-0.15, -0.1) is 0 Å². The van der Waals surface area contributed by atoms with E-state index >= 15 is 0 Å². The number of hydrogen-bond acceptors (Lipinski definition) is 4. The molecule has 0 unspecified atom stereocenters.